The monoisotopic (exact) mass is 938 g/mol. The molecule has 0 heterocycles. The predicted molar refractivity (Wildman–Crippen MR) is 247 cm³/mol. The molecule has 0 aromatic heterocycles. The van der Waals surface area contributed by atoms with Gasteiger partial charge in [-0.2, -0.15) is 0 Å². The van der Waals surface area contributed by atoms with Crippen LogP contribution in [0.3, 0.4) is 0 Å². The molecule has 0 saturated carbocycles. The lowest BCUT2D eigenvalue weighted by molar-refractivity contribution is -0.0548. The standard InChI is InChI=1S/C52H58O16/c1-35-7-11-41(12-8-35)49(53)57-27-37(3)62-32-66-46-21-15-43(16-22-46)51(55)59-29-39(5)64-34-68-48-25-17-44(18-26-48)52(56)60-30-40(6)63-33-67-47-23-13-42(14-24-47)50(54)58-28-38(4)61-31-65-45-19-9-36(2)10-20-45/h7-26,37-40H,27-34H2,1-6H3. The van der Waals surface area contributed by atoms with Crippen molar-refractivity contribution in [1.29, 1.82) is 0 Å². The number of carbonyl (C=O) groups is 4. The minimum absolute atomic E-state index is 0.0188. The van der Waals surface area contributed by atoms with E-state index in [2.05, 4.69) is 0 Å². The number of benzene rings is 5. The van der Waals surface area contributed by atoms with Crippen molar-refractivity contribution in [2.45, 2.75) is 66.0 Å². The maximum atomic E-state index is 12.6. The molecule has 5 aromatic carbocycles. The molecule has 4 unspecified atom stereocenters. The second-order valence-electron chi connectivity index (χ2n) is 15.6. The van der Waals surface area contributed by atoms with Crippen molar-refractivity contribution in [3.8, 4) is 23.0 Å². The molecule has 0 bridgehead atoms. The van der Waals surface area contributed by atoms with Crippen LogP contribution < -0.4 is 18.9 Å². The van der Waals surface area contributed by atoms with Crippen LogP contribution in [0, 0.1) is 13.8 Å². The normalized spacial score (nSPS) is 12.7. The van der Waals surface area contributed by atoms with Crippen LogP contribution in [-0.4, -0.2) is 102 Å². The highest BCUT2D eigenvalue weighted by Crippen LogP contribution is 2.18. The zero-order chi connectivity index (χ0) is 48.7. The van der Waals surface area contributed by atoms with Crippen molar-refractivity contribution in [2.24, 2.45) is 0 Å². The first kappa shape index (κ1) is 52.0. The molecule has 16 nitrogen and oxygen atoms in total. The van der Waals surface area contributed by atoms with Crippen LogP contribution in [0.2, 0.25) is 0 Å². The van der Waals surface area contributed by atoms with Gasteiger partial charge in [0, 0.05) is 0 Å². The highest BCUT2D eigenvalue weighted by molar-refractivity contribution is 5.91. The molecule has 5 aromatic rings. The zero-order valence-electron chi connectivity index (χ0n) is 39.0. The van der Waals surface area contributed by atoms with Crippen molar-refractivity contribution in [1.82, 2.24) is 0 Å². The summed E-state index contributed by atoms with van der Waals surface area (Å²) in [5.41, 5.74) is 3.63. The molecular weight excluding hydrogens is 881 g/mol. The fourth-order valence-corrected chi connectivity index (χ4v) is 5.56. The molecule has 0 aliphatic heterocycles. The summed E-state index contributed by atoms with van der Waals surface area (Å²) in [6, 6.07) is 33.8. The fourth-order valence-electron chi connectivity index (χ4n) is 5.56. The smallest absolute Gasteiger partial charge is 0.338 e. The lowest BCUT2D eigenvalue weighted by atomic mass is 10.1. The molecule has 5 rings (SSSR count). The molecule has 0 fully saturated rings. The summed E-state index contributed by atoms with van der Waals surface area (Å²) in [7, 11) is 0. The van der Waals surface area contributed by atoms with Gasteiger partial charge in [-0.15, -0.1) is 0 Å². The molecule has 0 aliphatic carbocycles. The number of hydrogen-bond donors (Lipinski definition) is 0. The topological polar surface area (TPSA) is 179 Å². The Hall–Kier alpha value is -6.98. The Morgan fingerprint density at radius 3 is 0.750 bits per heavy atom. The van der Waals surface area contributed by atoms with Gasteiger partial charge in [0.2, 0.25) is 0 Å². The van der Waals surface area contributed by atoms with Crippen molar-refractivity contribution in [2.75, 3.05) is 53.6 Å². The van der Waals surface area contributed by atoms with Gasteiger partial charge in [-0.05, 0) is 139 Å². The molecule has 16 heteroatoms. The van der Waals surface area contributed by atoms with Crippen LogP contribution in [-0.2, 0) is 37.9 Å². The summed E-state index contributed by atoms with van der Waals surface area (Å²) < 4.78 is 66.2. The second-order valence-corrected chi connectivity index (χ2v) is 15.6. The van der Waals surface area contributed by atoms with E-state index in [4.69, 9.17) is 56.8 Å². The predicted octanol–water partition coefficient (Wildman–Crippen LogP) is 8.70. The number of aryl methyl sites for hydroxylation is 2. The number of carbonyl (C=O) groups excluding carboxylic acids is 4. The van der Waals surface area contributed by atoms with Crippen LogP contribution in [0.5, 0.6) is 23.0 Å². The quantitative estimate of drug-likeness (QED) is 0.0264. The Kier molecular flexibility index (Phi) is 21.1. The van der Waals surface area contributed by atoms with Gasteiger partial charge in [-0.1, -0.05) is 35.4 Å². The van der Waals surface area contributed by atoms with Crippen molar-refractivity contribution in [3.05, 3.63) is 155 Å². The maximum absolute atomic E-state index is 12.6. The van der Waals surface area contributed by atoms with Crippen molar-refractivity contribution in [3.63, 3.8) is 0 Å². The van der Waals surface area contributed by atoms with E-state index in [0.29, 0.717) is 45.3 Å². The lowest BCUT2D eigenvalue weighted by Gasteiger charge is -2.15. The summed E-state index contributed by atoms with van der Waals surface area (Å²) in [5, 5.41) is 0. The number of ether oxygens (including phenoxy) is 12. The third-order valence-electron chi connectivity index (χ3n) is 9.69. The lowest BCUT2D eigenvalue weighted by Crippen LogP contribution is -2.22. The summed E-state index contributed by atoms with van der Waals surface area (Å²) >= 11 is 0. The Morgan fingerprint density at radius 2 is 0.515 bits per heavy atom. The first-order chi connectivity index (χ1) is 32.8. The highest BCUT2D eigenvalue weighted by Gasteiger charge is 2.15. The Balaban J connectivity index is 0.875. The summed E-state index contributed by atoms with van der Waals surface area (Å²) in [6.07, 6.45) is -1.72. The SMILES string of the molecule is Cc1ccc(OCOC(C)COC(=O)c2ccc(OCOC(C)COC(=O)c3ccc(OCOC(C)COC(=O)c4ccc(OCOC(C)COC(=O)c5ccc(C)cc5)cc4)cc3)cc2)cc1. The van der Waals surface area contributed by atoms with Gasteiger partial charge in [-0.3, -0.25) is 0 Å². The minimum Gasteiger partial charge on any atom is -0.468 e. The third kappa shape index (κ3) is 18.7. The second kappa shape index (κ2) is 27.6. The largest absolute Gasteiger partial charge is 0.468 e. The molecule has 0 amide bonds. The summed E-state index contributed by atoms with van der Waals surface area (Å²) in [5.74, 6) is 0.0754. The van der Waals surface area contributed by atoms with E-state index in [0.717, 1.165) is 11.1 Å². The maximum Gasteiger partial charge on any atom is 0.338 e. The van der Waals surface area contributed by atoms with Gasteiger partial charge in [0.05, 0.1) is 46.7 Å². The molecule has 0 spiro atoms. The van der Waals surface area contributed by atoms with Crippen LogP contribution in [0.1, 0.15) is 80.3 Å². The van der Waals surface area contributed by atoms with E-state index in [-0.39, 0.29) is 59.7 Å². The number of rotatable bonds is 28. The van der Waals surface area contributed by atoms with E-state index < -0.39 is 42.2 Å². The van der Waals surface area contributed by atoms with E-state index in [9.17, 15) is 19.2 Å². The van der Waals surface area contributed by atoms with Gasteiger partial charge >= 0.3 is 23.9 Å². The Morgan fingerprint density at radius 1 is 0.324 bits per heavy atom. The first-order valence-corrected chi connectivity index (χ1v) is 21.9. The van der Waals surface area contributed by atoms with E-state index >= 15 is 0 Å². The zero-order valence-corrected chi connectivity index (χ0v) is 39.0. The van der Waals surface area contributed by atoms with Crippen LogP contribution in [0.25, 0.3) is 0 Å². The van der Waals surface area contributed by atoms with Crippen LogP contribution >= 0.6 is 0 Å². The van der Waals surface area contributed by atoms with Crippen LogP contribution in [0.15, 0.2) is 121 Å². The van der Waals surface area contributed by atoms with E-state index in [1.165, 1.54) is 0 Å². The summed E-state index contributed by atoms with van der Waals surface area (Å²) in [4.78, 5) is 49.9. The molecule has 0 saturated heterocycles. The first-order valence-electron chi connectivity index (χ1n) is 21.9. The Bertz CT molecular complexity index is 2300. The molecular formula is C52H58O16. The number of esters is 4. The van der Waals surface area contributed by atoms with Crippen molar-refractivity contribution >= 4 is 23.9 Å². The average Bonchev–Trinajstić information content (AvgIpc) is 3.35. The van der Waals surface area contributed by atoms with Gasteiger partial charge < -0.3 is 56.8 Å². The van der Waals surface area contributed by atoms with Gasteiger partial charge in [0.1, 0.15) is 49.4 Å². The minimum atomic E-state index is -0.546. The van der Waals surface area contributed by atoms with E-state index in [1.54, 1.807) is 113 Å². The van der Waals surface area contributed by atoms with Gasteiger partial charge in [-0.25, -0.2) is 19.2 Å². The third-order valence-corrected chi connectivity index (χ3v) is 9.69. The van der Waals surface area contributed by atoms with E-state index in [1.807, 2.05) is 50.2 Å². The molecule has 0 N–H and O–H groups in total. The molecule has 0 radical (unpaired) electrons. The van der Waals surface area contributed by atoms with Gasteiger partial charge in [0.15, 0.2) is 27.2 Å². The fraction of sp³-hybridized carbons (Fsp3) is 0.346. The molecule has 68 heavy (non-hydrogen) atoms. The van der Waals surface area contributed by atoms with Crippen molar-refractivity contribution < 1.29 is 76.0 Å². The van der Waals surface area contributed by atoms with Crippen LogP contribution in [0.4, 0.5) is 0 Å². The molecule has 0 aliphatic rings. The highest BCUT2D eigenvalue weighted by atomic mass is 16.7. The molecule has 4 atom stereocenters. The average molecular weight is 939 g/mol. The summed E-state index contributed by atoms with van der Waals surface area (Å²) in [6.45, 7) is 10.7. The molecule has 362 valence electrons. The number of hydrogen-bond acceptors (Lipinski definition) is 16. The van der Waals surface area contributed by atoms with Gasteiger partial charge in [0.25, 0.3) is 0 Å². The Labute approximate surface area is 396 Å².